The lowest BCUT2D eigenvalue weighted by atomic mass is 9.95. The van der Waals surface area contributed by atoms with Gasteiger partial charge in [-0.3, -0.25) is 24.0 Å². The molecule has 0 aromatic heterocycles. The van der Waals surface area contributed by atoms with Crippen LogP contribution in [-0.4, -0.2) is 70.5 Å². The number of hydrogen-bond acceptors (Lipinski definition) is 9. The van der Waals surface area contributed by atoms with E-state index in [1.54, 1.807) is 24.3 Å². The lowest BCUT2D eigenvalue weighted by Gasteiger charge is -2.25. The highest BCUT2D eigenvalue weighted by Crippen LogP contribution is 2.31. The normalized spacial score (nSPS) is 19.8. The fourth-order valence-electron chi connectivity index (χ4n) is 4.60. The van der Waals surface area contributed by atoms with Gasteiger partial charge in [0.05, 0.1) is 6.04 Å². The van der Waals surface area contributed by atoms with E-state index in [0.29, 0.717) is 23.1 Å². The molecule has 3 rings (SSSR count). The van der Waals surface area contributed by atoms with Crippen LogP contribution in [-0.2, 0) is 36.8 Å². The summed E-state index contributed by atoms with van der Waals surface area (Å²) in [4.78, 5) is 63.1. The Morgan fingerprint density at radius 3 is 2.07 bits per heavy atom. The van der Waals surface area contributed by atoms with Gasteiger partial charge in [-0.05, 0) is 72.3 Å². The van der Waals surface area contributed by atoms with E-state index in [9.17, 15) is 34.2 Å². The van der Waals surface area contributed by atoms with Gasteiger partial charge in [0.1, 0.15) is 29.6 Å². The van der Waals surface area contributed by atoms with Gasteiger partial charge < -0.3 is 49.1 Å². The number of hydrogen-bond donors (Lipinski definition) is 9. The molecule has 13 N–H and O–H groups in total. The maximum atomic E-state index is 13.4. The number of nitrogens with two attached hydrogens (primary N) is 4. The molecule has 0 radical (unpaired) electrons. The summed E-state index contributed by atoms with van der Waals surface area (Å²) in [5.41, 5.74) is 24.3. The molecule has 4 atom stereocenters. The molecule has 42 heavy (non-hydrogen) atoms. The quantitative estimate of drug-likeness (QED) is 0.160. The topological polar surface area (TPSA) is 266 Å². The molecule has 1 aliphatic heterocycles. The minimum absolute atomic E-state index is 0.0352. The van der Waals surface area contributed by atoms with E-state index >= 15 is 0 Å². The Morgan fingerprint density at radius 2 is 1.52 bits per heavy atom. The van der Waals surface area contributed by atoms with E-state index < -0.39 is 53.7 Å². The Kier molecular flexibility index (Phi) is 10.8. The first-order valence-electron chi connectivity index (χ1n) is 13.5. The zero-order valence-corrected chi connectivity index (χ0v) is 23.0. The van der Waals surface area contributed by atoms with Crippen LogP contribution in [0.1, 0.15) is 36.8 Å². The smallest absolute Gasteiger partial charge is 0.243 e. The van der Waals surface area contributed by atoms with Crippen molar-refractivity contribution < 1.29 is 34.2 Å². The molecule has 2 aromatic rings. The van der Waals surface area contributed by atoms with Crippen molar-refractivity contribution in [2.24, 2.45) is 22.9 Å². The lowest BCUT2D eigenvalue weighted by molar-refractivity contribution is -0.133. The lowest BCUT2D eigenvalue weighted by Crippen LogP contribution is -2.58. The van der Waals surface area contributed by atoms with E-state index in [4.69, 9.17) is 22.9 Å². The second-order valence-electron chi connectivity index (χ2n) is 10.2. The highest BCUT2D eigenvalue weighted by Gasteiger charge is 2.31. The third-order valence-corrected chi connectivity index (χ3v) is 7.00. The van der Waals surface area contributed by atoms with Gasteiger partial charge in [0.15, 0.2) is 0 Å². The molecule has 0 spiro atoms. The van der Waals surface area contributed by atoms with E-state index in [-0.39, 0.29) is 55.7 Å². The van der Waals surface area contributed by atoms with Crippen LogP contribution in [0.3, 0.4) is 0 Å². The van der Waals surface area contributed by atoms with Crippen LogP contribution in [0.2, 0.25) is 0 Å². The molecule has 5 amide bonds. The van der Waals surface area contributed by atoms with E-state index in [0.717, 1.165) is 0 Å². The second-order valence-corrected chi connectivity index (χ2v) is 10.2. The first kappa shape index (κ1) is 31.8. The molecule has 0 aliphatic carbocycles. The number of rotatable bonds is 9. The van der Waals surface area contributed by atoms with Crippen LogP contribution >= 0.6 is 0 Å². The van der Waals surface area contributed by atoms with Crippen molar-refractivity contribution in [3.8, 4) is 22.6 Å². The molecule has 0 saturated heterocycles. The Bertz CT molecular complexity index is 1350. The molecule has 0 fully saturated rings. The fraction of sp³-hybridized carbons (Fsp3) is 0.393. The minimum Gasteiger partial charge on any atom is -0.508 e. The van der Waals surface area contributed by atoms with Crippen molar-refractivity contribution in [2.45, 2.75) is 62.7 Å². The predicted molar refractivity (Wildman–Crippen MR) is 152 cm³/mol. The fourth-order valence-corrected chi connectivity index (χ4v) is 4.60. The highest BCUT2D eigenvalue weighted by molar-refractivity contribution is 5.95. The number of carbonyl (C=O) groups excluding carboxylic acids is 5. The van der Waals surface area contributed by atoms with Gasteiger partial charge in [-0.15, -0.1) is 0 Å². The number of nitrogens with one attached hydrogen (secondary N) is 3. The maximum absolute atomic E-state index is 13.4. The van der Waals surface area contributed by atoms with Gasteiger partial charge in [-0.2, -0.15) is 0 Å². The van der Waals surface area contributed by atoms with Gasteiger partial charge in [-0.25, -0.2) is 0 Å². The van der Waals surface area contributed by atoms with Crippen LogP contribution < -0.4 is 38.9 Å². The van der Waals surface area contributed by atoms with Crippen LogP contribution in [0.5, 0.6) is 11.5 Å². The first-order chi connectivity index (χ1) is 19.9. The largest absolute Gasteiger partial charge is 0.508 e. The average Bonchev–Trinajstić information content (AvgIpc) is 2.94. The van der Waals surface area contributed by atoms with Crippen LogP contribution in [0.25, 0.3) is 11.1 Å². The van der Waals surface area contributed by atoms with Gasteiger partial charge in [0.2, 0.25) is 29.5 Å². The maximum Gasteiger partial charge on any atom is 0.243 e. The van der Waals surface area contributed by atoms with Gasteiger partial charge in [0.25, 0.3) is 0 Å². The Labute approximate surface area is 242 Å². The van der Waals surface area contributed by atoms with E-state index in [2.05, 4.69) is 16.0 Å². The van der Waals surface area contributed by atoms with Crippen molar-refractivity contribution in [3.63, 3.8) is 0 Å². The summed E-state index contributed by atoms with van der Waals surface area (Å²) in [6.07, 6.45) is -0.164. The molecule has 1 aliphatic rings. The highest BCUT2D eigenvalue weighted by atomic mass is 16.3. The number of aromatic hydroxyl groups is 2. The van der Waals surface area contributed by atoms with Crippen LogP contribution in [0.15, 0.2) is 36.4 Å². The number of amides is 5. The number of fused-ring (bicyclic) bond motifs is 5. The molecule has 4 bridgehead atoms. The average molecular weight is 584 g/mol. The van der Waals surface area contributed by atoms with Gasteiger partial charge in [-0.1, -0.05) is 12.1 Å². The molecule has 14 nitrogen and oxygen atoms in total. The third-order valence-electron chi connectivity index (χ3n) is 7.00. The molecule has 1 heterocycles. The van der Waals surface area contributed by atoms with Gasteiger partial charge in [0, 0.05) is 19.3 Å². The van der Waals surface area contributed by atoms with Gasteiger partial charge >= 0.3 is 0 Å². The molecule has 14 heteroatoms. The molecular weight excluding hydrogens is 546 g/mol. The van der Waals surface area contributed by atoms with Crippen molar-refractivity contribution in [2.75, 3.05) is 6.54 Å². The van der Waals surface area contributed by atoms with E-state index in [1.165, 1.54) is 12.1 Å². The van der Waals surface area contributed by atoms with Crippen molar-refractivity contribution in [3.05, 3.63) is 47.5 Å². The third kappa shape index (κ3) is 8.41. The first-order valence-corrected chi connectivity index (χ1v) is 13.5. The minimum atomic E-state index is -1.35. The number of carbonyl (C=O) groups is 5. The second kappa shape index (κ2) is 14.3. The Hall–Kier alpha value is -4.69. The molecule has 0 saturated carbocycles. The molecule has 0 unspecified atom stereocenters. The summed E-state index contributed by atoms with van der Waals surface area (Å²) in [7, 11) is 0. The monoisotopic (exact) mass is 583 g/mol. The summed E-state index contributed by atoms with van der Waals surface area (Å²) < 4.78 is 0. The SMILES string of the molecule is NCCC[C@@H]1NC(=O)[C@@H](N)Cc2cc(ccc2O)-c2ccc(O)c(c2)C[C@@H](C(=O)N[C@@H](CCC(N)=O)C(N)=O)NC1=O. The summed E-state index contributed by atoms with van der Waals surface area (Å²) >= 11 is 0. The Morgan fingerprint density at radius 1 is 0.929 bits per heavy atom. The summed E-state index contributed by atoms with van der Waals surface area (Å²) in [6.45, 7) is 0.219. The summed E-state index contributed by atoms with van der Waals surface area (Å²) in [5.74, 6) is -4.06. The summed E-state index contributed by atoms with van der Waals surface area (Å²) in [5, 5.41) is 28.7. The standard InChI is InChI=1S/C28H37N7O7/c29-9-1-2-20-27(41)35-21(28(42)33-19(25(32)39)5-8-24(31)38)13-17-11-15(4-7-23(17)37)14-3-6-22(36)16(10-14)12-18(30)26(40)34-20/h3-4,6-7,10-11,18-21,36-37H,1-2,5,8-9,12-13,29-30H2,(H2,31,38)(H2,32,39)(H,33,42)(H,34,40)(H,35,41)/t18-,19-,20-,21-/m0/s1. The number of phenols is 2. The Balaban J connectivity index is 2.07. The van der Waals surface area contributed by atoms with Crippen molar-refractivity contribution in [1.29, 1.82) is 0 Å². The molecular formula is C28H37N7O7. The number of primary amides is 2. The van der Waals surface area contributed by atoms with Crippen molar-refractivity contribution in [1.82, 2.24) is 16.0 Å². The number of phenolic OH excluding ortho intramolecular Hbond substituents is 2. The van der Waals surface area contributed by atoms with E-state index in [1.807, 2.05) is 0 Å². The number of benzene rings is 2. The molecule has 2 aromatic carbocycles. The zero-order chi connectivity index (χ0) is 31.0. The van der Waals surface area contributed by atoms with Crippen LogP contribution in [0.4, 0.5) is 0 Å². The zero-order valence-electron chi connectivity index (χ0n) is 23.0. The van der Waals surface area contributed by atoms with Crippen molar-refractivity contribution >= 4 is 29.5 Å². The molecule has 226 valence electrons. The van der Waals surface area contributed by atoms with Crippen LogP contribution in [0, 0.1) is 0 Å². The summed E-state index contributed by atoms with van der Waals surface area (Å²) in [6, 6.07) is 4.56. The predicted octanol–water partition coefficient (Wildman–Crippen LogP) is -1.87.